The van der Waals surface area contributed by atoms with Crippen molar-refractivity contribution in [2.24, 2.45) is 0 Å². The smallest absolute Gasteiger partial charge is 0.319 e. The van der Waals surface area contributed by atoms with Crippen LogP contribution in [0.5, 0.6) is 0 Å². The van der Waals surface area contributed by atoms with Gasteiger partial charge in [0.25, 0.3) is 5.91 Å². The van der Waals surface area contributed by atoms with Gasteiger partial charge in [-0.3, -0.25) is 9.69 Å². The van der Waals surface area contributed by atoms with Crippen molar-refractivity contribution in [1.82, 2.24) is 15.5 Å². The maximum Gasteiger partial charge on any atom is 0.325 e. The maximum absolute atomic E-state index is 13.2. The predicted octanol–water partition coefficient (Wildman–Crippen LogP) is 2.21. The van der Waals surface area contributed by atoms with Gasteiger partial charge in [-0.05, 0) is 57.3 Å². The van der Waals surface area contributed by atoms with Crippen molar-refractivity contribution in [2.75, 3.05) is 13.1 Å². The summed E-state index contributed by atoms with van der Waals surface area (Å²) in [5, 5.41) is 6.29. The van der Waals surface area contributed by atoms with E-state index in [0.29, 0.717) is 6.42 Å². The van der Waals surface area contributed by atoms with Gasteiger partial charge in [0.1, 0.15) is 5.54 Å². The Hall–Kier alpha value is -1.88. The standard InChI is InChI=1S/C18H25N3O2/c1-4-18(15-6-5-12(2)11-13(15)3)16(22)21(17(23)20-18)14-7-9-19-10-8-14/h5-6,11,14,19H,4,7-10H2,1-3H3,(H,20,23). The van der Waals surface area contributed by atoms with Gasteiger partial charge in [-0.25, -0.2) is 4.79 Å². The molecule has 124 valence electrons. The number of rotatable bonds is 3. The number of benzene rings is 1. The maximum atomic E-state index is 13.2. The van der Waals surface area contributed by atoms with Crippen LogP contribution in [0.15, 0.2) is 18.2 Å². The highest BCUT2D eigenvalue weighted by Gasteiger charge is 2.53. The average molecular weight is 315 g/mol. The molecule has 2 N–H and O–H groups in total. The number of amides is 3. The van der Waals surface area contributed by atoms with E-state index in [1.165, 1.54) is 4.90 Å². The molecule has 2 heterocycles. The van der Waals surface area contributed by atoms with E-state index in [-0.39, 0.29) is 18.0 Å². The summed E-state index contributed by atoms with van der Waals surface area (Å²) in [5.74, 6) is -0.0937. The molecule has 0 bridgehead atoms. The van der Waals surface area contributed by atoms with Gasteiger partial charge in [0.15, 0.2) is 0 Å². The van der Waals surface area contributed by atoms with Crippen molar-refractivity contribution in [2.45, 2.75) is 51.6 Å². The molecule has 1 aromatic rings. The first-order valence-corrected chi connectivity index (χ1v) is 8.44. The first-order valence-electron chi connectivity index (χ1n) is 8.44. The minimum Gasteiger partial charge on any atom is -0.319 e. The number of nitrogens with zero attached hydrogens (tertiary/aromatic N) is 1. The summed E-state index contributed by atoms with van der Waals surface area (Å²) in [6.45, 7) is 7.70. The number of hydrogen-bond acceptors (Lipinski definition) is 3. The zero-order valence-electron chi connectivity index (χ0n) is 14.1. The number of imide groups is 1. The third-order valence-corrected chi connectivity index (χ3v) is 5.17. The Morgan fingerprint density at radius 3 is 2.52 bits per heavy atom. The topological polar surface area (TPSA) is 61.4 Å². The molecule has 5 nitrogen and oxygen atoms in total. The van der Waals surface area contributed by atoms with E-state index in [4.69, 9.17) is 0 Å². The Morgan fingerprint density at radius 1 is 1.22 bits per heavy atom. The Bertz CT molecular complexity index is 637. The summed E-state index contributed by atoms with van der Waals surface area (Å²) in [7, 11) is 0. The highest BCUT2D eigenvalue weighted by atomic mass is 16.2. The van der Waals surface area contributed by atoms with Crippen molar-refractivity contribution in [3.8, 4) is 0 Å². The van der Waals surface area contributed by atoms with Crippen LogP contribution < -0.4 is 10.6 Å². The normalized spacial score (nSPS) is 25.8. The lowest BCUT2D eigenvalue weighted by atomic mass is 9.83. The fourth-order valence-electron chi connectivity index (χ4n) is 3.90. The van der Waals surface area contributed by atoms with Crippen LogP contribution in [0.2, 0.25) is 0 Å². The molecule has 1 atom stereocenters. The van der Waals surface area contributed by atoms with E-state index in [9.17, 15) is 9.59 Å². The van der Waals surface area contributed by atoms with E-state index in [1.54, 1.807) is 0 Å². The lowest BCUT2D eigenvalue weighted by Gasteiger charge is -2.31. The molecule has 1 unspecified atom stereocenters. The highest BCUT2D eigenvalue weighted by molar-refractivity contribution is 6.08. The molecule has 0 radical (unpaired) electrons. The quantitative estimate of drug-likeness (QED) is 0.841. The van der Waals surface area contributed by atoms with E-state index in [2.05, 4.69) is 16.7 Å². The molecule has 3 amide bonds. The Kier molecular flexibility index (Phi) is 4.15. The lowest BCUT2D eigenvalue weighted by Crippen LogP contribution is -2.48. The second kappa shape index (κ2) is 5.96. The van der Waals surface area contributed by atoms with Gasteiger partial charge in [-0.2, -0.15) is 0 Å². The van der Waals surface area contributed by atoms with Gasteiger partial charge >= 0.3 is 6.03 Å². The number of urea groups is 1. The van der Waals surface area contributed by atoms with Crippen molar-refractivity contribution in [1.29, 1.82) is 0 Å². The van der Waals surface area contributed by atoms with Crippen LogP contribution in [-0.4, -0.2) is 36.0 Å². The van der Waals surface area contributed by atoms with Crippen LogP contribution in [0.4, 0.5) is 4.79 Å². The van der Waals surface area contributed by atoms with Crippen molar-refractivity contribution < 1.29 is 9.59 Å². The number of piperidine rings is 1. The molecule has 3 rings (SSSR count). The molecular weight excluding hydrogens is 290 g/mol. The van der Waals surface area contributed by atoms with Gasteiger partial charge in [-0.15, -0.1) is 0 Å². The molecule has 2 aliphatic heterocycles. The minimum atomic E-state index is -0.917. The summed E-state index contributed by atoms with van der Waals surface area (Å²) in [4.78, 5) is 27.3. The molecule has 23 heavy (non-hydrogen) atoms. The first kappa shape index (κ1) is 16.0. The fourth-order valence-corrected chi connectivity index (χ4v) is 3.90. The first-order chi connectivity index (χ1) is 11.0. The van der Waals surface area contributed by atoms with Gasteiger partial charge in [0.05, 0.1) is 0 Å². The Balaban J connectivity index is 1.99. The van der Waals surface area contributed by atoms with Gasteiger partial charge in [0.2, 0.25) is 0 Å². The SMILES string of the molecule is CCC1(c2ccc(C)cc2C)NC(=O)N(C2CCNCC2)C1=O. The lowest BCUT2D eigenvalue weighted by molar-refractivity contribution is -0.133. The van der Waals surface area contributed by atoms with Crippen LogP contribution in [0.3, 0.4) is 0 Å². The molecule has 2 aliphatic rings. The molecule has 1 aromatic carbocycles. The molecule has 0 aliphatic carbocycles. The highest BCUT2D eigenvalue weighted by Crippen LogP contribution is 2.36. The fraction of sp³-hybridized carbons (Fsp3) is 0.556. The summed E-state index contributed by atoms with van der Waals surface area (Å²) in [6, 6.07) is 5.82. The summed E-state index contributed by atoms with van der Waals surface area (Å²) in [6.07, 6.45) is 2.21. The van der Waals surface area contributed by atoms with E-state index < -0.39 is 5.54 Å². The van der Waals surface area contributed by atoms with Crippen LogP contribution in [0, 0.1) is 13.8 Å². The Morgan fingerprint density at radius 2 is 1.91 bits per heavy atom. The second-order valence-corrected chi connectivity index (χ2v) is 6.66. The third kappa shape index (κ3) is 2.53. The van der Waals surface area contributed by atoms with Crippen LogP contribution in [0.25, 0.3) is 0 Å². The molecule has 5 heteroatoms. The molecule has 2 fully saturated rings. The summed E-state index contributed by atoms with van der Waals surface area (Å²) >= 11 is 0. The summed E-state index contributed by atoms with van der Waals surface area (Å²) in [5.41, 5.74) is 2.21. The van der Waals surface area contributed by atoms with E-state index in [1.807, 2.05) is 32.9 Å². The minimum absolute atomic E-state index is 0.00271. The molecule has 0 spiro atoms. The molecular formula is C18H25N3O2. The number of nitrogens with one attached hydrogen (secondary N) is 2. The van der Waals surface area contributed by atoms with Gasteiger partial charge < -0.3 is 10.6 Å². The van der Waals surface area contributed by atoms with Crippen molar-refractivity contribution in [3.63, 3.8) is 0 Å². The average Bonchev–Trinajstić information content (AvgIpc) is 2.79. The largest absolute Gasteiger partial charge is 0.325 e. The number of carbonyl (C=O) groups excluding carboxylic acids is 2. The van der Waals surface area contributed by atoms with E-state index >= 15 is 0 Å². The molecule has 0 saturated carbocycles. The van der Waals surface area contributed by atoms with Crippen LogP contribution >= 0.6 is 0 Å². The van der Waals surface area contributed by atoms with Crippen molar-refractivity contribution in [3.05, 3.63) is 34.9 Å². The van der Waals surface area contributed by atoms with Gasteiger partial charge in [0, 0.05) is 6.04 Å². The summed E-state index contributed by atoms with van der Waals surface area (Å²) < 4.78 is 0. The molecule has 0 aromatic heterocycles. The van der Waals surface area contributed by atoms with Crippen LogP contribution in [0.1, 0.15) is 42.9 Å². The third-order valence-electron chi connectivity index (χ3n) is 5.17. The van der Waals surface area contributed by atoms with Crippen LogP contribution in [-0.2, 0) is 10.3 Å². The second-order valence-electron chi connectivity index (χ2n) is 6.66. The number of aryl methyl sites for hydroxylation is 2. The molecule has 2 saturated heterocycles. The monoisotopic (exact) mass is 315 g/mol. The van der Waals surface area contributed by atoms with E-state index in [0.717, 1.165) is 42.6 Å². The number of hydrogen-bond donors (Lipinski definition) is 2. The van der Waals surface area contributed by atoms with Gasteiger partial charge in [-0.1, -0.05) is 30.7 Å². The number of carbonyl (C=O) groups is 2. The zero-order valence-corrected chi connectivity index (χ0v) is 14.1. The van der Waals surface area contributed by atoms with Crippen molar-refractivity contribution >= 4 is 11.9 Å². The zero-order chi connectivity index (χ0) is 16.6. The Labute approximate surface area is 137 Å². The predicted molar refractivity (Wildman–Crippen MR) is 89.2 cm³/mol.